The zero-order chi connectivity index (χ0) is 20.1. The molecular formula is C20H22F2N2O3S. The number of methoxy groups -OCH3 is 2. The van der Waals surface area contributed by atoms with E-state index in [1.165, 1.54) is 24.9 Å². The minimum absolute atomic E-state index is 0.186. The first kappa shape index (κ1) is 20.3. The van der Waals surface area contributed by atoms with Gasteiger partial charge in [-0.15, -0.1) is 0 Å². The summed E-state index contributed by atoms with van der Waals surface area (Å²) in [5.41, 5.74) is 0.944. The van der Waals surface area contributed by atoms with E-state index in [4.69, 9.17) is 9.47 Å². The Morgan fingerprint density at radius 3 is 2.64 bits per heavy atom. The summed E-state index contributed by atoms with van der Waals surface area (Å²) in [6.45, 7) is 0.976. The van der Waals surface area contributed by atoms with Crippen LogP contribution in [0.25, 0.3) is 0 Å². The topological polar surface area (TPSA) is 50.8 Å². The summed E-state index contributed by atoms with van der Waals surface area (Å²) in [6, 6.07) is 8.40. The van der Waals surface area contributed by atoms with E-state index in [0.29, 0.717) is 48.0 Å². The van der Waals surface area contributed by atoms with Crippen molar-refractivity contribution in [3.63, 3.8) is 0 Å². The lowest BCUT2D eigenvalue weighted by atomic mass is 10.1. The predicted molar refractivity (Wildman–Crippen MR) is 106 cm³/mol. The fourth-order valence-electron chi connectivity index (χ4n) is 3.10. The number of halogens is 2. The van der Waals surface area contributed by atoms with Crippen LogP contribution in [0.3, 0.4) is 0 Å². The lowest BCUT2D eigenvalue weighted by Gasteiger charge is -2.21. The van der Waals surface area contributed by atoms with E-state index in [-0.39, 0.29) is 11.3 Å². The molecule has 1 N–H and O–H groups in total. The van der Waals surface area contributed by atoms with Gasteiger partial charge in [-0.25, -0.2) is 13.6 Å². The number of thioether (sulfide) groups is 1. The van der Waals surface area contributed by atoms with Gasteiger partial charge in [0.25, 0.3) is 0 Å². The van der Waals surface area contributed by atoms with Crippen LogP contribution in [-0.2, 0) is 0 Å². The maximum Gasteiger partial charge on any atom is 0.321 e. The number of hydrogen-bond acceptors (Lipinski definition) is 4. The number of amides is 2. The maximum absolute atomic E-state index is 14.1. The highest BCUT2D eigenvalue weighted by Gasteiger charge is 2.24. The minimum Gasteiger partial charge on any atom is -0.493 e. The first-order valence-corrected chi connectivity index (χ1v) is 9.91. The number of ether oxygens (including phenoxy) is 2. The highest BCUT2D eigenvalue weighted by atomic mass is 32.2. The van der Waals surface area contributed by atoms with Crippen LogP contribution in [0.1, 0.15) is 17.2 Å². The summed E-state index contributed by atoms with van der Waals surface area (Å²) in [4.78, 5) is 14.3. The number of carbonyl (C=O) groups excluding carboxylic acids is 1. The molecule has 150 valence electrons. The Kier molecular flexibility index (Phi) is 6.61. The van der Waals surface area contributed by atoms with Crippen LogP contribution >= 0.6 is 11.8 Å². The second-order valence-corrected chi connectivity index (χ2v) is 7.61. The van der Waals surface area contributed by atoms with Crippen LogP contribution < -0.4 is 14.8 Å². The Hall–Kier alpha value is -2.48. The van der Waals surface area contributed by atoms with E-state index in [1.54, 1.807) is 30.2 Å². The minimum atomic E-state index is -0.454. The lowest BCUT2D eigenvalue weighted by Crippen LogP contribution is -2.36. The smallest absolute Gasteiger partial charge is 0.321 e. The molecule has 1 fully saturated rings. The maximum atomic E-state index is 14.1. The average molecular weight is 408 g/mol. The summed E-state index contributed by atoms with van der Waals surface area (Å²) < 4.78 is 38.0. The van der Waals surface area contributed by atoms with E-state index in [9.17, 15) is 13.6 Å². The second kappa shape index (κ2) is 9.14. The van der Waals surface area contributed by atoms with Crippen LogP contribution in [0, 0.1) is 11.6 Å². The van der Waals surface area contributed by atoms with E-state index in [2.05, 4.69) is 5.32 Å². The Morgan fingerprint density at radius 1 is 1.11 bits per heavy atom. The van der Waals surface area contributed by atoms with Gasteiger partial charge in [0, 0.05) is 41.4 Å². The van der Waals surface area contributed by atoms with E-state index < -0.39 is 11.6 Å². The van der Waals surface area contributed by atoms with Crippen LogP contribution in [0.5, 0.6) is 11.5 Å². The van der Waals surface area contributed by atoms with Gasteiger partial charge in [-0.1, -0.05) is 0 Å². The van der Waals surface area contributed by atoms with Crippen LogP contribution in [0.15, 0.2) is 36.4 Å². The van der Waals surface area contributed by atoms with Gasteiger partial charge in [-0.05, 0) is 36.8 Å². The molecule has 1 aliphatic rings. The van der Waals surface area contributed by atoms with Crippen LogP contribution in [0.4, 0.5) is 19.3 Å². The van der Waals surface area contributed by atoms with Crippen LogP contribution in [-0.4, -0.2) is 44.0 Å². The molecule has 1 unspecified atom stereocenters. The van der Waals surface area contributed by atoms with Gasteiger partial charge in [0.15, 0.2) is 11.5 Å². The van der Waals surface area contributed by atoms with Crippen molar-refractivity contribution in [2.75, 3.05) is 38.4 Å². The van der Waals surface area contributed by atoms with Crippen molar-refractivity contribution in [1.29, 1.82) is 0 Å². The number of rotatable bonds is 4. The largest absolute Gasteiger partial charge is 0.493 e. The normalized spacial score (nSPS) is 17.0. The molecule has 5 nitrogen and oxygen atoms in total. The molecule has 0 radical (unpaired) electrons. The molecule has 0 aliphatic carbocycles. The lowest BCUT2D eigenvalue weighted by molar-refractivity contribution is 0.215. The van der Waals surface area contributed by atoms with Gasteiger partial charge in [0.05, 0.1) is 14.2 Å². The third kappa shape index (κ3) is 4.67. The van der Waals surface area contributed by atoms with Gasteiger partial charge < -0.3 is 19.7 Å². The molecule has 1 saturated heterocycles. The summed E-state index contributed by atoms with van der Waals surface area (Å²) >= 11 is 1.53. The number of carbonyl (C=O) groups is 1. The molecule has 0 saturated carbocycles. The van der Waals surface area contributed by atoms with Crippen molar-refractivity contribution in [2.45, 2.75) is 11.7 Å². The number of nitrogens with zero attached hydrogens (tertiary/aromatic N) is 1. The molecule has 0 aromatic heterocycles. The van der Waals surface area contributed by atoms with Gasteiger partial charge in [-0.3, -0.25) is 0 Å². The Balaban J connectivity index is 1.65. The SMILES string of the molecule is COc1ccc(NC(=O)N2CCSC(c3cc(F)ccc3F)CC2)cc1OC. The zero-order valence-electron chi connectivity index (χ0n) is 15.7. The fourth-order valence-corrected chi connectivity index (χ4v) is 4.34. The van der Waals surface area contributed by atoms with Gasteiger partial charge in [0.1, 0.15) is 11.6 Å². The summed E-state index contributed by atoms with van der Waals surface area (Å²) in [5, 5.41) is 2.66. The van der Waals surface area contributed by atoms with Crippen molar-refractivity contribution >= 4 is 23.5 Å². The molecule has 2 aromatic carbocycles. The van der Waals surface area contributed by atoms with Crippen molar-refractivity contribution < 1.29 is 23.0 Å². The third-order valence-corrected chi connectivity index (χ3v) is 5.88. The Bertz CT molecular complexity index is 850. The molecule has 1 atom stereocenters. The zero-order valence-corrected chi connectivity index (χ0v) is 16.5. The number of urea groups is 1. The van der Waals surface area contributed by atoms with Gasteiger partial charge in [-0.2, -0.15) is 11.8 Å². The van der Waals surface area contributed by atoms with Gasteiger partial charge in [0.2, 0.25) is 0 Å². The number of anilines is 1. The van der Waals surface area contributed by atoms with Crippen molar-refractivity contribution in [2.24, 2.45) is 0 Å². The van der Waals surface area contributed by atoms with E-state index in [0.717, 1.165) is 12.1 Å². The highest BCUT2D eigenvalue weighted by molar-refractivity contribution is 7.99. The number of hydrogen-bond donors (Lipinski definition) is 1. The molecule has 2 amide bonds. The Morgan fingerprint density at radius 2 is 1.89 bits per heavy atom. The molecule has 2 aromatic rings. The summed E-state index contributed by atoms with van der Waals surface area (Å²) in [7, 11) is 3.07. The first-order chi connectivity index (χ1) is 13.5. The highest BCUT2D eigenvalue weighted by Crippen LogP contribution is 2.36. The number of nitrogens with one attached hydrogen (secondary N) is 1. The van der Waals surface area contributed by atoms with Crippen LogP contribution in [0.2, 0.25) is 0 Å². The molecule has 8 heteroatoms. The van der Waals surface area contributed by atoms with Crippen molar-refractivity contribution in [3.8, 4) is 11.5 Å². The molecule has 0 bridgehead atoms. The molecule has 0 spiro atoms. The average Bonchev–Trinajstić information content (AvgIpc) is 2.96. The summed E-state index contributed by atoms with van der Waals surface area (Å²) in [5.74, 6) is 0.867. The monoisotopic (exact) mass is 408 g/mol. The standard InChI is InChI=1S/C20H22F2N2O3S/c1-26-17-6-4-14(12-18(17)27-2)23-20(25)24-8-7-19(28-10-9-24)15-11-13(21)3-5-16(15)22/h3-6,11-12,19H,7-10H2,1-2H3,(H,23,25). The predicted octanol–water partition coefficient (Wildman–Crippen LogP) is 4.69. The molecule has 1 heterocycles. The number of benzene rings is 2. The molecule has 1 aliphatic heterocycles. The quantitative estimate of drug-likeness (QED) is 0.797. The first-order valence-electron chi connectivity index (χ1n) is 8.86. The van der Waals surface area contributed by atoms with E-state index in [1.807, 2.05) is 0 Å². The second-order valence-electron chi connectivity index (χ2n) is 6.30. The molecule has 3 rings (SSSR count). The fraction of sp³-hybridized carbons (Fsp3) is 0.350. The molecular weight excluding hydrogens is 386 g/mol. The van der Waals surface area contributed by atoms with Crippen molar-refractivity contribution in [1.82, 2.24) is 4.90 Å². The van der Waals surface area contributed by atoms with Gasteiger partial charge >= 0.3 is 6.03 Å². The van der Waals surface area contributed by atoms with Crippen molar-refractivity contribution in [3.05, 3.63) is 53.6 Å². The third-order valence-electron chi connectivity index (χ3n) is 4.57. The van der Waals surface area contributed by atoms with E-state index >= 15 is 0 Å². The molecule has 28 heavy (non-hydrogen) atoms. The summed E-state index contributed by atoms with van der Waals surface area (Å²) in [6.07, 6.45) is 0.546. The Labute approximate surface area is 167 Å².